The molecule has 8 nitrogen and oxygen atoms in total. The second kappa shape index (κ2) is 11.8. The molecule has 1 saturated heterocycles. The van der Waals surface area contributed by atoms with Gasteiger partial charge in [-0.05, 0) is 59.2 Å². The number of nitrogens with one attached hydrogen (secondary N) is 3. The van der Waals surface area contributed by atoms with E-state index in [0.29, 0.717) is 22.3 Å². The minimum absolute atomic E-state index is 0.349. The van der Waals surface area contributed by atoms with Crippen molar-refractivity contribution in [2.75, 3.05) is 42.3 Å². The van der Waals surface area contributed by atoms with E-state index < -0.39 is 0 Å². The minimum Gasteiger partial charge on any atom is -0.379 e. The molecule has 4 aromatic carbocycles. The lowest BCUT2D eigenvalue weighted by Crippen LogP contribution is -2.35. The third kappa shape index (κ3) is 5.94. The van der Waals surface area contributed by atoms with Gasteiger partial charge in [-0.25, -0.2) is 4.79 Å². The first-order chi connectivity index (χ1) is 19.6. The van der Waals surface area contributed by atoms with Gasteiger partial charge in [0.15, 0.2) is 0 Å². The first-order valence-electron chi connectivity index (χ1n) is 13.1. The van der Waals surface area contributed by atoms with Gasteiger partial charge in [0, 0.05) is 41.7 Å². The smallest absolute Gasteiger partial charge is 0.323 e. The maximum absolute atomic E-state index is 12.5. The Kier molecular flexibility index (Phi) is 7.63. The van der Waals surface area contributed by atoms with E-state index in [1.165, 1.54) is 0 Å². The molecule has 1 aromatic heterocycles. The number of hydrogen-bond acceptors (Lipinski definition) is 6. The summed E-state index contributed by atoms with van der Waals surface area (Å²) in [5, 5.41) is 15.0. The molecular formula is C31H28ClN5O3. The number of amides is 2. The highest BCUT2D eigenvalue weighted by Gasteiger charge is 2.20. The number of halogens is 1. The summed E-state index contributed by atoms with van der Waals surface area (Å²) in [7, 11) is 0. The molecule has 2 heterocycles. The molecule has 0 unspecified atom stereocenters. The lowest BCUT2D eigenvalue weighted by atomic mass is 9.98. The second-order valence-corrected chi connectivity index (χ2v) is 9.99. The van der Waals surface area contributed by atoms with Gasteiger partial charge in [-0.1, -0.05) is 65.3 Å². The average molecular weight is 554 g/mol. The molecule has 40 heavy (non-hydrogen) atoms. The summed E-state index contributed by atoms with van der Waals surface area (Å²) >= 11 is 6.02. The van der Waals surface area contributed by atoms with Crippen LogP contribution in [0.3, 0.4) is 0 Å². The fourth-order valence-corrected chi connectivity index (χ4v) is 4.99. The van der Waals surface area contributed by atoms with E-state index in [4.69, 9.17) is 20.9 Å². The van der Waals surface area contributed by atoms with Crippen molar-refractivity contribution in [2.24, 2.45) is 0 Å². The number of nitrogens with zero attached hydrogens (tertiary/aromatic N) is 2. The predicted octanol–water partition coefficient (Wildman–Crippen LogP) is 7.37. The first-order valence-corrected chi connectivity index (χ1v) is 13.5. The molecule has 0 spiro atoms. The average Bonchev–Trinajstić information content (AvgIpc) is 3.39. The number of benzene rings is 4. The van der Waals surface area contributed by atoms with Gasteiger partial charge in [0.25, 0.3) is 0 Å². The van der Waals surface area contributed by atoms with E-state index in [2.05, 4.69) is 38.1 Å². The second-order valence-electron chi connectivity index (χ2n) is 9.55. The van der Waals surface area contributed by atoms with Gasteiger partial charge in [-0.15, -0.1) is 0 Å². The Morgan fingerprint density at radius 3 is 2.38 bits per heavy atom. The molecule has 9 heteroatoms. The summed E-state index contributed by atoms with van der Waals surface area (Å²) < 4.78 is 11.4. The van der Waals surface area contributed by atoms with E-state index in [9.17, 15) is 4.79 Å². The summed E-state index contributed by atoms with van der Waals surface area (Å²) in [6.45, 7) is 4.00. The molecule has 0 atom stereocenters. The topological polar surface area (TPSA) is 91.7 Å². The van der Waals surface area contributed by atoms with Crippen molar-refractivity contribution in [3.8, 4) is 11.1 Å². The van der Waals surface area contributed by atoms with Crippen LogP contribution in [0.5, 0.6) is 0 Å². The molecule has 202 valence electrons. The van der Waals surface area contributed by atoms with Crippen LogP contribution in [0.1, 0.15) is 5.56 Å². The van der Waals surface area contributed by atoms with Crippen molar-refractivity contribution >= 4 is 51.5 Å². The van der Waals surface area contributed by atoms with Crippen LogP contribution in [0, 0.1) is 0 Å². The molecule has 0 bridgehead atoms. The third-order valence-electron chi connectivity index (χ3n) is 6.78. The quantitative estimate of drug-likeness (QED) is 0.195. The number of para-hydroxylation sites is 1. The normalized spacial score (nSPS) is 13.7. The molecule has 0 radical (unpaired) electrons. The zero-order valence-electron chi connectivity index (χ0n) is 21.7. The highest BCUT2D eigenvalue weighted by molar-refractivity contribution is 6.30. The summed E-state index contributed by atoms with van der Waals surface area (Å²) in [6.07, 6.45) is 0. The highest BCUT2D eigenvalue weighted by atomic mass is 35.5. The summed E-state index contributed by atoms with van der Waals surface area (Å²) in [5.41, 5.74) is 6.07. The highest BCUT2D eigenvalue weighted by Crippen LogP contribution is 2.38. The standard InChI is InChI=1S/C31H28ClN5O3/c32-23-5-4-8-26(19-23)35-31(38)34-25-12-9-21(10-13-25)27-14-11-22(20-37-15-17-39-18-16-37)29-28(27)30(40-36-29)33-24-6-2-1-3-7-24/h1-14,19,33H,15-18,20H2,(H2,34,35,38). The Morgan fingerprint density at radius 1 is 0.850 bits per heavy atom. The minimum atomic E-state index is -0.349. The summed E-state index contributed by atoms with van der Waals surface area (Å²) in [5.74, 6) is 0.586. The fraction of sp³-hybridized carbons (Fsp3) is 0.161. The Balaban J connectivity index is 1.28. The largest absolute Gasteiger partial charge is 0.379 e. The van der Waals surface area contributed by atoms with E-state index in [1.54, 1.807) is 24.3 Å². The van der Waals surface area contributed by atoms with E-state index in [1.807, 2.05) is 54.6 Å². The van der Waals surface area contributed by atoms with Gasteiger partial charge in [0.2, 0.25) is 5.88 Å². The van der Waals surface area contributed by atoms with Gasteiger partial charge >= 0.3 is 6.03 Å². The molecular weight excluding hydrogens is 526 g/mol. The van der Waals surface area contributed by atoms with Crippen LogP contribution in [-0.2, 0) is 11.3 Å². The predicted molar refractivity (Wildman–Crippen MR) is 159 cm³/mol. The van der Waals surface area contributed by atoms with Crippen molar-refractivity contribution in [1.82, 2.24) is 10.1 Å². The van der Waals surface area contributed by atoms with E-state index >= 15 is 0 Å². The van der Waals surface area contributed by atoms with Crippen LogP contribution in [0.2, 0.25) is 5.02 Å². The Morgan fingerprint density at radius 2 is 1.60 bits per heavy atom. The van der Waals surface area contributed by atoms with Crippen LogP contribution >= 0.6 is 11.6 Å². The molecule has 2 amide bonds. The van der Waals surface area contributed by atoms with Crippen LogP contribution in [0.4, 0.5) is 27.7 Å². The van der Waals surface area contributed by atoms with Crippen LogP contribution < -0.4 is 16.0 Å². The zero-order valence-corrected chi connectivity index (χ0v) is 22.4. The molecule has 0 aliphatic carbocycles. The summed E-state index contributed by atoms with van der Waals surface area (Å²) in [4.78, 5) is 14.9. The number of fused-ring (bicyclic) bond motifs is 1. The van der Waals surface area contributed by atoms with Gasteiger partial charge in [0.05, 0.1) is 18.6 Å². The maximum atomic E-state index is 12.5. The van der Waals surface area contributed by atoms with Crippen LogP contribution in [0.15, 0.2) is 95.5 Å². The number of carbonyl (C=O) groups is 1. The van der Waals surface area contributed by atoms with Crippen molar-refractivity contribution in [1.29, 1.82) is 0 Å². The number of urea groups is 1. The maximum Gasteiger partial charge on any atom is 0.323 e. The molecule has 6 rings (SSSR count). The third-order valence-corrected chi connectivity index (χ3v) is 7.02. The van der Waals surface area contributed by atoms with Crippen molar-refractivity contribution in [3.05, 3.63) is 102 Å². The molecule has 5 aromatic rings. The van der Waals surface area contributed by atoms with Crippen molar-refractivity contribution in [3.63, 3.8) is 0 Å². The number of carbonyl (C=O) groups excluding carboxylic acids is 1. The SMILES string of the molecule is O=C(Nc1ccc(-c2ccc(CN3CCOCC3)c3noc(Nc4ccccc4)c23)cc1)Nc1cccc(Cl)c1. The molecule has 1 fully saturated rings. The number of rotatable bonds is 7. The lowest BCUT2D eigenvalue weighted by molar-refractivity contribution is 0.0343. The van der Waals surface area contributed by atoms with Gasteiger partial charge in [-0.2, -0.15) is 0 Å². The number of ether oxygens (including phenoxy) is 1. The molecule has 3 N–H and O–H groups in total. The molecule has 1 aliphatic rings. The number of aromatic nitrogens is 1. The molecule has 1 aliphatic heterocycles. The Labute approximate surface area is 236 Å². The first kappa shape index (κ1) is 25.9. The van der Waals surface area contributed by atoms with Crippen LogP contribution in [-0.4, -0.2) is 42.4 Å². The van der Waals surface area contributed by atoms with Gasteiger partial charge < -0.3 is 25.2 Å². The summed E-state index contributed by atoms with van der Waals surface area (Å²) in [6, 6.07) is 28.5. The van der Waals surface area contributed by atoms with Crippen LogP contribution in [0.25, 0.3) is 22.0 Å². The van der Waals surface area contributed by atoms with Crippen molar-refractivity contribution < 1.29 is 14.1 Å². The Bertz CT molecular complexity index is 1620. The van der Waals surface area contributed by atoms with E-state index in [-0.39, 0.29) is 6.03 Å². The van der Waals surface area contributed by atoms with Gasteiger partial charge in [-0.3, -0.25) is 4.90 Å². The van der Waals surface area contributed by atoms with E-state index in [0.717, 1.165) is 66.1 Å². The van der Waals surface area contributed by atoms with Crippen molar-refractivity contribution in [2.45, 2.75) is 6.54 Å². The monoisotopic (exact) mass is 553 g/mol. The fourth-order valence-electron chi connectivity index (χ4n) is 4.80. The number of anilines is 4. The molecule has 0 saturated carbocycles. The number of hydrogen-bond donors (Lipinski definition) is 3. The number of morpholine rings is 1. The Hall–Kier alpha value is -4.37. The van der Waals surface area contributed by atoms with Gasteiger partial charge in [0.1, 0.15) is 5.52 Å². The zero-order chi connectivity index (χ0) is 27.3. The lowest BCUT2D eigenvalue weighted by Gasteiger charge is -2.26.